The van der Waals surface area contributed by atoms with Crippen molar-refractivity contribution in [2.75, 3.05) is 0 Å². The van der Waals surface area contributed by atoms with Crippen molar-refractivity contribution in [3.63, 3.8) is 0 Å². The Kier molecular flexibility index (Phi) is 4.49. The highest BCUT2D eigenvalue weighted by atomic mass is 79.9. The molecule has 0 amide bonds. The molecule has 0 radical (unpaired) electrons. The molecule has 2 aromatic carbocycles. The van der Waals surface area contributed by atoms with Crippen LogP contribution in [0, 0.1) is 18.6 Å². The van der Waals surface area contributed by atoms with Gasteiger partial charge in [-0.1, -0.05) is 29.3 Å². The molecular weight excluding hydrogens is 357 g/mol. The number of alkyl halides is 1. The van der Waals surface area contributed by atoms with Gasteiger partial charge in [0, 0.05) is 15.6 Å². The maximum Gasteiger partial charge on any atom is 0.129 e. The summed E-state index contributed by atoms with van der Waals surface area (Å²) in [6.45, 7) is 1.82. The van der Waals surface area contributed by atoms with Gasteiger partial charge < -0.3 is 0 Å². The lowest BCUT2D eigenvalue weighted by molar-refractivity contribution is 0.595. The summed E-state index contributed by atoms with van der Waals surface area (Å²) in [4.78, 5) is 0. The van der Waals surface area contributed by atoms with Crippen molar-refractivity contribution in [3.8, 4) is 0 Å². The third-order valence-corrected chi connectivity index (χ3v) is 4.40. The fourth-order valence-corrected chi connectivity index (χ4v) is 2.58. The molecule has 1 unspecified atom stereocenters. The predicted octanol–water partition coefficient (Wildman–Crippen LogP) is 6.02. The summed E-state index contributed by atoms with van der Waals surface area (Å²) in [5.41, 5.74) is 1.24. The number of benzene rings is 2. The van der Waals surface area contributed by atoms with E-state index in [2.05, 4.69) is 15.9 Å². The molecule has 0 aromatic heterocycles. The van der Waals surface area contributed by atoms with Crippen molar-refractivity contribution >= 4 is 39.1 Å². The van der Waals surface area contributed by atoms with Crippen LogP contribution in [0.5, 0.6) is 0 Å². The van der Waals surface area contributed by atoms with Crippen LogP contribution >= 0.6 is 39.1 Å². The lowest BCUT2D eigenvalue weighted by Crippen LogP contribution is -2.01. The fraction of sp³-hybridized carbons (Fsp3) is 0.143. The summed E-state index contributed by atoms with van der Waals surface area (Å²) in [6, 6.07) is 7.18. The molecule has 0 fully saturated rings. The van der Waals surface area contributed by atoms with Gasteiger partial charge in [-0.2, -0.15) is 0 Å². The second-order valence-electron chi connectivity index (χ2n) is 4.18. The molecule has 1 atom stereocenters. The van der Waals surface area contributed by atoms with Gasteiger partial charge in [0.1, 0.15) is 11.6 Å². The number of hydrogen-bond donors (Lipinski definition) is 0. The quantitative estimate of drug-likeness (QED) is 0.451. The molecule has 0 N–H and O–H groups in total. The van der Waals surface area contributed by atoms with Crippen LogP contribution in [0.15, 0.2) is 34.8 Å². The van der Waals surface area contributed by atoms with Gasteiger partial charge in [-0.15, -0.1) is 11.6 Å². The Balaban J connectivity index is 2.52. The third kappa shape index (κ3) is 3.10. The Bertz CT molecular complexity index is 629. The third-order valence-electron chi connectivity index (χ3n) is 2.74. The van der Waals surface area contributed by atoms with E-state index in [0.717, 1.165) is 5.56 Å². The average Bonchev–Trinajstić information content (AvgIpc) is 2.36. The normalized spacial score (nSPS) is 12.5. The van der Waals surface area contributed by atoms with Crippen LogP contribution in [-0.4, -0.2) is 0 Å². The molecule has 0 aliphatic carbocycles. The number of rotatable bonds is 2. The smallest absolute Gasteiger partial charge is 0.129 e. The molecular formula is C14H9BrCl2F2. The van der Waals surface area contributed by atoms with Crippen LogP contribution in [0.2, 0.25) is 5.02 Å². The lowest BCUT2D eigenvalue weighted by atomic mass is 10.0. The Hall–Kier alpha value is -0.640. The summed E-state index contributed by atoms with van der Waals surface area (Å²) in [7, 11) is 0. The number of halogens is 5. The Morgan fingerprint density at radius 3 is 2.37 bits per heavy atom. The molecule has 0 aliphatic heterocycles. The Labute approximate surface area is 128 Å². The van der Waals surface area contributed by atoms with Crippen molar-refractivity contribution in [1.29, 1.82) is 0 Å². The predicted molar refractivity (Wildman–Crippen MR) is 77.9 cm³/mol. The molecule has 0 saturated carbocycles. The topological polar surface area (TPSA) is 0 Å². The van der Waals surface area contributed by atoms with Gasteiger partial charge in [0.2, 0.25) is 0 Å². The van der Waals surface area contributed by atoms with Crippen molar-refractivity contribution in [1.82, 2.24) is 0 Å². The SMILES string of the molecule is Cc1ccc(F)c(C(Cl)c2cc(Cl)c(Br)cc2F)c1. The largest absolute Gasteiger partial charge is 0.207 e. The van der Waals surface area contributed by atoms with Gasteiger partial charge in [-0.05, 0) is 41.1 Å². The van der Waals surface area contributed by atoms with Crippen LogP contribution < -0.4 is 0 Å². The first-order valence-electron chi connectivity index (χ1n) is 5.44. The minimum atomic E-state index is -0.925. The van der Waals surface area contributed by atoms with E-state index < -0.39 is 17.0 Å². The summed E-state index contributed by atoms with van der Waals surface area (Å²) in [5, 5.41) is -0.597. The van der Waals surface area contributed by atoms with E-state index in [0.29, 0.717) is 9.50 Å². The molecule has 100 valence electrons. The fourth-order valence-electron chi connectivity index (χ4n) is 1.76. The van der Waals surface area contributed by atoms with E-state index in [1.807, 2.05) is 6.92 Å². The maximum atomic E-state index is 13.9. The van der Waals surface area contributed by atoms with Crippen LogP contribution in [0.4, 0.5) is 8.78 Å². The monoisotopic (exact) mass is 364 g/mol. The van der Waals surface area contributed by atoms with Gasteiger partial charge in [0.15, 0.2) is 0 Å². The summed E-state index contributed by atoms with van der Waals surface area (Å²) >= 11 is 15.2. The minimum absolute atomic E-state index is 0.152. The average molecular weight is 366 g/mol. The zero-order valence-electron chi connectivity index (χ0n) is 9.85. The molecule has 2 aromatic rings. The summed E-state index contributed by atoms with van der Waals surface area (Å²) in [5.74, 6) is -0.999. The first-order chi connectivity index (χ1) is 8.90. The highest BCUT2D eigenvalue weighted by Gasteiger charge is 2.20. The highest BCUT2D eigenvalue weighted by Crippen LogP contribution is 2.36. The van der Waals surface area contributed by atoms with Gasteiger partial charge in [0.05, 0.1) is 10.4 Å². The summed E-state index contributed by atoms with van der Waals surface area (Å²) in [6.07, 6.45) is 0. The number of hydrogen-bond acceptors (Lipinski definition) is 0. The van der Waals surface area contributed by atoms with Crippen LogP contribution in [0.3, 0.4) is 0 Å². The second kappa shape index (κ2) is 5.78. The molecule has 19 heavy (non-hydrogen) atoms. The minimum Gasteiger partial charge on any atom is -0.207 e. The molecule has 0 spiro atoms. The van der Waals surface area contributed by atoms with Crippen molar-refractivity contribution < 1.29 is 8.78 Å². The molecule has 5 heteroatoms. The zero-order valence-corrected chi connectivity index (χ0v) is 13.0. The van der Waals surface area contributed by atoms with Crippen LogP contribution in [-0.2, 0) is 0 Å². The van der Waals surface area contributed by atoms with E-state index in [1.54, 1.807) is 12.1 Å². The van der Waals surface area contributed by atoms with E-state index in [-0.39, 0.29) is 11.1 Å². The van der Waals surface area contributed by atoms with E-state index >= 15 is 0 Å². The molecule has 0 nitrogen and oxygen atoms in total. The number of aryl methyl sites for hydroxylation is 1. The van der Waals surface area contributed by atoms with Gasteiger partial charge in [0.25, 0.3) is 0 Å². The molecule has 0 heterocycles. The van der Waals surface area contributed by atoms with E-state index in [1.165, 1.54) is 18.2 Å². The maximum absolute atomic E-state index is 13.9. The Morgan fingerprint density at radius 1 is 1.05 bits per heavy atom. The Morgan fingerprint density at radius 2 is 1.68 bits per heavy atom. The first-order valence-corrected chi connectivity index (χ1v) is 7.05. The summed E-state index contributed by atoms with van der Waals surface area (Å²) < 4.78 is 28.1. The van der Waals surface area contributed by atoms with E-state index in [9.17, 15) is 8.78 Å². The molecule has 2 rings (SSSR count). The van der Waals surface area contributed by atoms with Crippen molar-refractivity contribution in [2.24, 2.45) is 0 Å². The van der Waals surface area contributed by atoms with Gasteiger partial charge in [-0.3, -0.25) is 0 Å². The highest BCUT2D eigenvalue weighted by molar-refractivity contribution is 9.10. The molecule has 0 aliphatic rings. The van der Waals surface area contributed by atoms with Gasteiger partial charge in [-0.25, -0.2) is 8.78 Å². The molecule has 0 bridgehead atoms. The first kappa shape index (κ1) is 14.8. The molecule has 0 saturated heterocycles. The standard InChI is InChI=1S/C14H9BrCl2F2/c1-7-2-3-12(18)8(4-7)14(17)9-5-11(16)10(15)6-13(9)19/h2-6,14H,1H3. The van der Waals surface area contributed by atoms with Crippen LogP contribution in [0.1, 0.15) is 22.1 Å². The van der Waals surface area contributed by atoms with Crippen molar-refractivity contribution in [3.05, 3.63) is 68.2 Å². The van der Waals surface area contributed by atoms with Crippen LogP contribution in [0.25, 0.3) is 0 Å². The van der Waals surface area contributed by atoms with E-state index in [4.69, 9.17) is 23.2 Å². The van der Waals surface area contributed by atoms with Gasteiger partial charge >= 0.3 is 0 Å². The zero-order chi connectivity index (χ0) is 14.2. The lowest BCUT2D eigenvalue weighted by Gasteiger charge is -2.14. The second-order valence-corrected chi connectivity index (χ2v) is 5.87. The van der Waals surface area contributed by atoms with Crippen molar-refractivity contribution in [2.45, 2.75) is 12.3 Å².